The number of aliphatic hydroxyl groups excluding tert-OH is 1. The van der Waals surface area contributed by atoms with Gasteiger partial charge in [-0.05, 0) is 24.1 Å². The van der Waals surface area contributed by atoms with E-state index in [0.29, 0.717) is 17.2 Å². The number of nitriles is 1. The van der Waals surface area contributed by atoms with Crippen LogP contribution in [0.5, 0.6) is 5.75 Å². The van der Waals surface area contributed by atoms with Gasteiger partial charge in [0.2, 0.25) is 0 Å². The molecule has 1 N–H and O–H groups in total. The van der Waals surface area contributed by atoms with Crippen LogP contribution in [-0.2, 0) is 6.61 Å². The van der Waals surface area contributed by atoms with Gasteiger partial charge in [-0.3, -0.25) is 0 Å². The molecule has 0 bridgehead atoms. The monoisotopic (exact) mass is 225 g/mol. The number of hydrogen-bond acceptors (Lipinski definition) is 3. The van der Waals surface area contributed by atoms with Crippen molar-refractivity contribution in [1.29, 1.82) is 5.26 Å². The lowest BCUT2D eigenvalue weighted by molar-refractivity contribution is 0.251. The number of benzene rings is 1. The Bertz CT molecular complexity index is 373. The van der Waals surface area contributed by atoms with E-state index in [9.17, 15) is 0 Å². The van der Waals surface area contributed by atoms with Crippen LogP contribution in [0.2, 0.25) is 5.02 Å². The van der Waals surface area contributed by atoms with E-state index >= 15 is 0 Å². The van der Waals surface area contributed by atoms with Crippen molar-refractivity contribution in [3.05, 3.63) is 28.8 Å². The first-order chi connectivity index (χ1) is 7.21. The SMILES string of the molecule is CCC(C#N)Oc1ccc(CO)cc1Cl. The Morgan fingerprint density at radius 3 is 2.80 bits per heavy atom. The number of rotatable bonds is 4. The molecule has 1 aromatic rings. The zero-order valence-electron chi connectivity index (χ0n) is 8.40. The van der Waals surface area contributed by atoms with E-state index in [2.05, 4.69) is 0 Å². The molecule has 1 aromatic carbocycles. The van der Waals surface area contributed by atoms with Crippen LogP contribution >= 0.6 is 11.6 Å². The highest BCUT2D eigenvalue weighted by Gasteiger charge is 2.09. The van der Waals surface area contributed by atoms with Crippen molar-refractivity contribution in [2.75, 3.05) is 0 Å². The first-order valence-corrected chi connectivity index (χ1v) is 5.04. The van der Waals surface area contributed by atoms with E-state index in [0.717, 1.165) is 5.56 Å². The Morgan fingerprint density at radius 2 is 2.33 bits per heavy atom. The fraction of sp³-hybridized carbons (Fsp3) is 0.364. The van der Waals surface area contributed by atoms with Gasteiger partial charge >= 0.3 is 0 Å². The Hall–Kier alpha value is -1.24. The maximum absolute atomic E-state index is 8.88. The largest absolute Gasteiger partial charge is 0.474 e. The minimum absolute atomic E-state index is 0.0601. The van der Waals surface area contributed by atoms with Gasteiger partial charge in [-0.25, -0.2) is 0 Å². The summed E-state index contributed by atoms with van der Waals surface area (Å²) < 4.78 is 5.37. The molecule has 0 aliphatic carbocycles. The van der Waals surface area contributed by atoms with Gasteiger partial charge in [-0.1, -0.05) is 24.6 Å². The van der Waals surface area contributed by atoms with Crippen LogP contribution in [0.3, 0.4) is 0 Å². The zero-order chi connectivity index (χ0) is 11.3. The van der Waals surface area contributed by atoms with Crippen LogP contribution in [0.4, 0.5) is 0 Å². The third-order valence-corrected chi connectivity index (χ3v) is 2.26. The molecule has 1 unspecified atom stereocenters. The van der Waals surface area contributed by atoms with E-state index in [4.69, 9.17) is 26.7 Å². The molecule has 3 nitrogen and oxygen atoms in total. The Kier molecular flexibility index (Phi) is 4.41. The van der Waals surface area contributed by atoms with E-state index in [1.165, 1.54) is 0 Å². The van der Waals surface area contributed by atoms with Crippen molar-refractivity contribution in [3.8, 4) is 11.8 Å². The summed E-state index contributed by atoms with van der Waals surface area (Å²) in [7, 11) is 0. The number of nitrogens with zero attached hydrogens (tertiary/aromatic N) is 1. The molecule has 0 radical (unpaired) electrons. The molecule has 0 heterocycles. The van der Waals surface area contributed by atoms with Crippen molar-refractivity contribution >= 4 is 11.6 Å². The molecule has 0 saturated heterocycles. The smallest absolute Gasteiger partial charge is 0.184 e. The van der Waals surface area contributed by atoms with Crippen molar-refractivity contribution in [2.45, 2.75) is 26.1 Å². The van der Waals surface area contributed by atoms with Gasteiger partial charge in [0.1, 0.15) is 11.8 Å². The van der Waals surface area contributed by atoms with Crippen molar-refractivity contribution in [3.63, 3.8) is 0 Å². The molecular formula is C11H12ClNO2. The van der Waals surface area contributed by atoms with E-state index < -0.39 is 6.10 Å². The molecule has 0 spiro atoms. The maximum atomic E-state index is 8.88. The highest BCUT2D eigenvalue weighted by molar-refractivity contribution is 6.32. The topological polar surface area (TPSA) is 53.2 Å². The van der Waals surface area contributed by atoms with Gasteiger partial charge in [0, 0.05) is 0 Å². The second-order valence-electron chi connectivity index (χ2n) is 3.07. The second kappa shape index (κ2) is 5.59. The molecule has 0 saturated carbocycles. The van der Waals surface area contributed by atoms with Gasteiger partial charge in [0.25, 0.3) is 0 Å². The maximum Gasteiger partial charge on any atom is 0.184 e. The predicted octanol–water partition coefficient (Wildman–Crippen LogP) is 2.51. The molecule has 1 rings (SSSR count). The number of aliphatic hydroxyl groups is 1. The third kappa shape index (κ3) is 3.12. The molecule has 80 valence electrons. The Balaban J connectivity index is 2.83. The quantitative estimate of drug-likeness (QED) is 0.857. The van der Waals surface area contributed by atoms with Crippen molar-refractivity contribution < 1.29 is 9.84 Å². The van der Waals surface area contributed by atoms with E-state index in [1.807, 2.05) is 13.0 Å². The highest BCUT2D eigenvalue weighted by Crippen LogP contribution is 2.26. The molecule has 0 aliphatic heterocycles. The molecule has 4 heteroatoms. The van der Waals surface area contributed by atoms with Gasteiger partial charge in [-0.2, -0.15) is 5.26 Å². The van der Waals surface area contributed by atoms with Crippen LogP contribution in [-0.4, -0.2) is 11.2 Å². The summed E-state index contributed by atoms with van der Waals surface area (Å²) in [6, 6.07) is 7.03. The number of ether oxygens (including phenoxy) is 1. The Labute approximate surface area is 93.9 Å². The average Bonchev–Trinajstić information content (AvgIpc) is 2.27. The summed E-state index contributed by atoms with van der Waals surface area (Å²) in [6.07, 6.45) is 0.122. The van der Waals surface area contributed by atoms with Gasteiger partial charge in [0.05, 0.1) is 11.6 Å². The van der Waals surface area contributed by atoms with Crippen LogP contribution in [0.15, 0.2) is 18.2 Å². The minimum atomic E-state index is -0.484. The number of hydrogen-bond donors (Lipinski definition) is 1. The molecular weight excluding hydrogens is 214 g/mol. The summed E-state index contributed by atoms with van der Waals surface area (Å²) in [6.45, 7) is 1.80. The summed E-state index contributed by atoms with van der Waals surface area (Å²) in [5, 5.41) is 18.0. The standard InChI is InChI=1S/C11H12ClNO2/c1-2-9(6-13)15-11-4-3-8(7-14)5-10(11)12/h3-5,9,14H,2,7H2,1H3. The highest BCUT2D eigenvalue weighted by atomic mass is 35.5. The number of halogens is 1. The predicted molar refractivity (Wildman–Crippen MR) is 57.7 cm³/mol. The third-order valence-electron chi connectivity index (χ3n) is 1.96. The summed E-state index contributed by atoms with van der Waals surface area (Å²) in [5.74, 6) is 0.474. The van der Waals surface area contributed by atoms with Gasteiger partial charge in [0.15, 0.2) is 6.10 Å². The second-order valence-corrected chi connectivity index (χ2v) is 3.47. The molecule has 0 amide bonds. The first-order valence-electron chi connectivity index (χ1n) is 4.66. The van der Waals surface area contributed by atoms with Crippen molar-refractivity contribution in [2.24, 2.45) is 0 Å². The first kappa shape index (κ1) is 11.8. The Morgan fingerprint density at radius 1 is 1.60 bits per heavy atom. The lowest BCUT2D eigenvalue weighted by Gasteiger charge is -2.12. The van der Waals surface area contributed by atoms with Crippen molar-refractivity contribution in [1.82, 2.24) is 0 Å². The fourth-order valence-electron chi connectivity index (χ4n) is 1.09. The molecule has 0 aliphatic rings. The summed E-state index contributed by atoms with van der Waals surface area (Å²) in [4.78, 5) is 0. The lowest BCUT2D eigenvalue weighted by atomic mass is 10.2. The molecule has 1 atom stereocenters. The minimum Gasteiger partial charge on any atom is -0.474 e. The van der Waals surface area contributed by atoms with Crippen LogP contribution in [0, 0.1) is 11.3 Å². The van der Waals surface area contributed by atoms with E-state index in [1.54, 1.807) is 18.2 Å². The van der Waals surface area contributed by atoms with E-state index in [-0.39, 0.29) is 6.61 Å². The average molecular weight is 226 g/mol. The molecule has 0 fully saturated rings. The summed E-state index contributed by atoms with van der Waals surface area (Å²) >= 11 is 5.92. The van der Waals surface area contributed by atoms with Gasteiger partial charge in [-0.15, -0.1) is 0 Å². The molecule has 0 aromatic heterocycles. The zero-order valence-corrected chi connectivity index (χ0v) is 9.16. The van der Waals surface area contributed by atoms with Crippen LogP contribution in [0.1, 0.15) is 18.9 Å². The molecule has 15 heavy (non-hydrogen) atoms. The normalized spacial score (nSPS) is 11.9. The van der Waals surface area contributed by atoms with Gasteiger partial charge < -0.3 is 9.84 Å². The van der Waals surface area contributed by atoms with Crippen LogP contribution in [0.25, 0.3) is 0 Å². The fourth-order valence-corrected chi connectivity index (χ4v) is 1.34. The summed E-state index contributed by atoms with van der Waals surface area (Å²) in [5.41, 5.74) is 0.720. The van der Waals surface area contributed by atoms with Crippen LogP contribution < -0.4 is 4.74 Å². The lowest BCUT2D eigenvalue weighted by Crippen LogP contribution is -2.12.